The number of imide groups is 2. The van der Waals surface area contributed by atoms with Gasteiger partial charge >= 0.3 is 5.97 Å². The Balaban J connectivity index is 1.26. The second-order valence-corrected chi connectivity index (χ2v) is 14.7. The Kier molecular flexibility index (Phi) is 7.56. The Labute approximate surface area is 310 Å². The predicted octanol–water partition coefficient (Wildman–Crippen LogP) is 6.74. The molecule has 54 heavy (non-hydrogen) atoms. The molecule has 2 aliphatic carbocycles. The highest BCUT2D eigenvalue weighted by Gasteiger charge is 2.70. The maximum absolute atomic E-state index is 15.5. The average molecular weight is 718 g/mol. The van der Waals surface area contributed by atoms with Crippen molar-refractivity contribution >= 4 is 51.7 Å². The van der Waals surface area contributed by atoms with Crippen LogP contribution in [0.2, 0.25) is 0 Å². The van der Waals surface area contributed by atoms with E-state index in [0.29, 0.717) is 27.6 Å². The summed E-state index contributed by atoms with van der Waals surface area (Å²) < 4.78 is 0. The van der Waals surface area contributed by atoms with Crippen LogP contribution >= 0.6 is 0 Å². The number of hydrazine groups is 1. The van der Waals surface area contributed by atoms with Gasteiger partial charge in [0.25, 0.3) is 11.8 Å². The van der Waals surface area contributed by atoms with E-state index in [1.807, 2.05) is 91.9 Å². The number of nitrogens with zero attached hydrogens (tertiary/aromatic N) is 2. The number of amides is 4. The van der Waals surface area contributed by atoms with E-state index in [4.69, 9.17) is 0 Å². The zero-order valence-corrected chi connectivity index (χ0v) is 29.2. The van der Waals surface area contributed by atoms with Crippen LogP contribution in [0.25, 0.3) is 10.8 Å². The summed E-state index contributed by atoms with van der Waals surface area (Å²) in [5, 5.41) is 23.1. The van der Waals surface area contributed by atoms with E-state index in [1.54, 1.807) is 18.2 Å². The fourth-order valence-corrected chi connectivity index (χ4v) is 9.68. The lowest BCUT2D eigenvalue weighted by atomic mass is 9.49. The molecule has 5 aromatic rings. The van der Waals surface area contributed by atoms with Gasteiger partial charge < -0.3 is 10.2 Å². The summed E-state index contributed by atoms with van der Waals surface area (Å²) in [5.74, 6) is -6.81. The number of fused-ring (bicyclic) bond motifs is 5. The van der Waals surface area contributed by atoms with E-state index in [9.17, 15) is 29.4 Å². The number of carbonyl (C=O) groups excluding carboxylic acids is 4. The molecule has 0 unspecified atom stereocenters. The van der Waals surface area contributed by atoms with Crippen molar-refractivity contribution in [1.29, 1.82) is 0 Å². The topological polar surface area (TPSA) is 144 Å². The Bertz CT molecular complexity index is 2460. The van der Waals surface area contributed by atoms with Gasteiger partial charge in [-0.1, -0.05) is 96.1 Å². The molecular weight excluding hydrogens is 682 g/mol. The van der Waals surface area contributed by atoms with E-state index in [2.05, 4.69) is 5.43 Å². The summed E-state index contributed by atoms with van der Waals surface area (Å²) in [6.07, 6.45) is 2.31. The number of aromatic carboxylic acids is 1. The SMILES string of the molecule is Cc1ccc(NN2C(=O)[C@@H]3C[C@@H]4C(=CC[C@@H]5C(=O)N(c6cccc(C(=O)O)c6)C(=O)[C@@H]54)[C@H](c4ccc(O)c5ccccc45)[C@]3(c3ccccc3)C2=O)cc1. The summed E-state index contributed by atoms with van der Waals surface area (Å²) in [7, 11) is 0. The molecular formula is C44H35N3O7. The first-order chi connectivity index (χ1) is 26.1. The molecule has 9 rings (SSSR count). The minimum atomic E-state index is -1.47. The van der Waals surface area contributed by atoms with E-state index < -0.39 is 64.6 Å². The molecule has 0 aromatic heterocycles. The summed E-state index contributed by atoms with van der Waals surface area (Å²) >= 11 is 0. The fourth-order valence-electron chi connectivity index (χ4n) is 9.68. The van der Waals surface area contributed by atoms with Gasteiger partial charge in [-0.05, 0) is 78.6 Å². The summed E-state index contributed by atoms with van der Waals surface area (Å²) in [5.41, 5.74) is 5.50. The number of carboxylic acids is 1. The smallest absolute Gasteiger partial charge is 0.335 e. The van der Waals surface area contributed by atoms with Crippen molar-refractivity contribution in [2.24, 2.45) is 23.7 Å². The van der Waals surface area contributed by atoms with Gasteiger partial charge in [-0.25, -0.2) is 4.79 Å². The number of rotatable bonds is 6. The predicted molar refractivity (Wildman–Crippen MR) is 200 cm³/mol. The molecule has 268 valence electrons. The number of carboxylic acid groups (broad SMARTS) is 1. The van der Waals surface area contributed by atoms with Gasteiger partial charge in [0, 0.05) is 11.3 Å². The standard InChI is InChI=1S/C44H35N3O7/c1-24-14-16-27(17-15-24)45-47-40(50)35-23-34-32(18-19-33-37(34)41(51)46(39(33)49)28-11-7-8-25(22-28)42(52)53)38(44(35,43(47)54)26-9-3-2-4-10-26)31-20-21-36(48)30-13-6-5-12-29(30)31/h2-18,20-22,33-35,37-38,45,48H,19,23H2,1H3,(H,52,53)/t33-,34+,35-,37-,38-,44+/m0/s1. The van der Waals surface area contributed by atoms with E-state index in [0.717, 1.165) is 21.0 Å². The highest BCUT2D eigenvalue weighted by Crippen LogP contribution is 2.65. The number of aromatic hydroxyl groups is 1. The maximum atomic E-state index is 15.5. The zero-order chi connectivity index (χ0) is 37.5. The number of nitrogens with one attached hydrogen (secondary N) is 1. The third-order valence-corrected chi connectivity index (χ3v) is 12.0. The number of benzene rings is 5. The molecule has 3 fully saturated rings. The molecule has 4 aliphatic rings. The van der Waals surface area contributed by atoms with Crippen molar-refractivity contribution in [2.75, 3.05) is 10.3 Å². The number of hydrogen-bond donors (Lipinski definition) is 3. The number of aryl methyl sites for hydroxylation is 1. The van der Waals surface area contributed by atoms with E-state index in [1.165, 1.54) is 18.2 Å². The van der Waals surface area contributed by atoms with Crippen LogP contribution in [0.5, 0.6) is 5.75 Å². The number of carbonyl (C=O) groups is 5. The molecule has 10 heteroatoms. The number of allylic oxidation sites excluding steroid dienone is 2. The summed E-state index contributed by atoms with van der Waals surface area (Å²) in [6, 6.07) is 33.3. The van der Waals surface area contributed by atoms with Gasteiger partial charge in [0.05, 0.1) is 40.1 Å². The molecule has 2 aliphatic heterocycles. The Morgan fingerprint density at radius 1 is 0.778 bits per heavy atom. The monoisotopic (exact) mass is 717 g/mol. The van der Waals surface area contributed by atoms with Crippen LogP contribution in [0.1, 0.15) is 45.8 Å². The Morgan fingerprint density at radius 2 is 1.50 bits per heavy atom. The van der Waals surface area contributed by atoms with Crippen molar-refractivity contribution < 1.29 is 34.2 Å². The second-order valence-electron chi connectivity index (χ2n) is 14.7. The largest absolute Gasteiger partial charge is 0.507 e. The lowest BCUT2D eigenvalue weighted by Crippen LogP contribution is -2.53. The Hall–Kier alpha value is -6.55. The van der Waals surface area contributed by atoms with Gasteiger partial charge in [-0.3, -0.25) is 29.5 Å². The lowest BCUT2D eigenvalue weighted by Gasteiger charge is -2.51. The molecule has 10 nitrogen and oxygen atoms in total. The third-order valence-electron chi connectivity index (χ3n) is 12.0. The maximum Gasteiger partial charge on any atom is 0.335 e. The number of anilines is 2. The van der Waals surface area contributed by atoms with Gasteiger partial charge in [0.15, 0.2) is 0 Å². The third kappa shape index (κ3) is 4.68. The Morgan fingerprint density at radius 3 is 2.24 bits per heavy atom. The first kappa shape index (κ1) is 33.3. The average Bonchev–Trinajstić information content (AvgIpc) is 3.57. The molecule has 1 saturated carbocycles. The first-order valence-corrected chi connectivity index (χ1v) is 18.0. The molecule has 2 heterocycles. The van der Waals surface area contributed by atoms with Gasteiger partial charge in [0.2, 0.25) is 11.8 Å². The fraction of sp³-hybridized carbons (Fsp3) is 0.205. The second kappa shape index (κ2) is 12.3. The lowest BCUT2D eigenvalue weighted by molar-refractivity contribution is -0.138. The quantitative estimate of drug-likeness (QED) is 0.129. The number of phenolic OH excluding ortho intramolecular Hbond substituents is 1. The molecule has 0 spiro atoms. The van der Waals surface area contributed by atoms with E-state index in [-0.39, 0.29) is 29.8 Å². The highest BCUT2D eigenvalue weighted by atomic mass is 16.4. The van der Waals surface area contributed by atoms with Crippen LogP contribution in [-0.4, -0.2) is 44.8 Å². The molecule has 0 radical (unpaired) electrons. The molecule has 6 atom stereocenters. The van der Waals surface area contributed by atoms with Crippen molar-refractivity contribution in [3.05, 3.63) is 149 Å². The van der Waals surface area contributed by atoms with Crippen LogP contribution in [-0.2, 0) is 24.6 Å². The molecule has 5 aromatic carbocycles. The van der Waals surface area contributed by atoms with Crippen LogP contribution in [0, 0.1) is 30.6 Å². The number of phenols is 1. The van der Waals surface area contributed by atoms with Crippen molar-refractivity contribution in [2.45, 2.75) is 31.1 Å². The van der Waals surface area contributed by atoms with E-state index >= 15 is 4.79 Å². The van der Waals surface area contributed by atoms with Crippen LogP contribution in [0.15, 0.2) is 127 Å². The van der Waals surface area contributed by atoms with Crippen LogP contribution in [0.4, 0.5) is 11.4 Å². The molecule has 3 N–H and O–H groups in total. The minimum Gasteiger partial charge on any atom is -0.507 e. The zero-order valence-electron chi connectivity index (χ0n) is 29.2. The number of hydrogen-bond acceptors (Lipinski definition) is 7. The van der Waals surface area contributed by atoms with Crippen LogP contribution < -0.4 is 10.3 Å². The molecule has 2 saturated heterocycles. The van der Waals surface area contributed by atoms with Gasteiger partial charge in [-0.15, -0.1) is 0 Å². The van der Waals surface area contributed by atoms with Gasteiger partial charge in [-0.2, -0.15) is 5.01 Å². The van der Waals surface area contributed by atoms with Crippen molar-refractivity contribution in [3.8, 4) is 5.75 Å². The van der Waals surface area contributed by atoms with Gasteiger partial charge in [0.1, 0.15) is 5.75 Å². The molecule has 4 amide bonds. The summed E-state index contributed by atoms with van der Waals surface area (Å²) in [4.78, 5) is 72.1. The summed E-state index contributed by atoms with van der Waals surface area (Å²) in [6.45, 7) is 1.95. The van der Waals surface area contributed by atoms with Crippen molar-refractivity contribution in [3.63, 3.8) is 0 Å². The van der Waals surface area contributed by atoms with Crippen molar-refractivity contribution in [1.82, 2.24) is 5.01 Å². The van der Waals surface area contributed by atoms with Crippen LogP contribution in [0.3, 0.4) is 0 Å². The molecule has 0 bridgehead atoms. The normalized spacial score (nSPS) is 26.0. The highest BCUT2D eigenvalue weighted by molar-refractivity contribution is 6.23. The first-order valence-electron chi connectivity index (χ1n) is 18.0. The minimum absolute atomic E-state index is 0.0531.